The van der Waals surface area contributed by atoms with Gasteiger partial charge in [-0.25, -0.2) is 0 Å². The van der Waals surface area contributed by atoms with Gasteiger partial charge < -0.3 is 4.74 Å². The van der Waals surface area contributed by atoms with E-state index >= 15 is 0 Å². The summed E-state index contributed by atoms with van der Waals surface area (Å²) in [7, 11) is 1.50. The van der Waals surface area contributed by atoms with E-state index < -0.39 is 0 Å². The first-order valence-corrected chi connectivity index (χ1v) is 5.56. The van der Waals surface area contributed by atoms with Crippen LogP contribution in [-0.4, -0.2) is 25.6 Å². The van der Waals surface area contributed by atoms with Crippen LogP contribution in [0, 0.1) is 13.8 Å². The third kappa shape index (κ3) is 2.74. The van der Waals surface area contributed by atoms with Gasteiger partial charge in [-0.2, -0.15) is 0 Å². The molecule has 0 aromatic heterocycles. The van der Waals surface area contributed by atoms with Crippen LogP contribution >= 0.6 is 11.6 Å². The molecule has 0 heterocycles. The Kier molecular flexibility index (Phi) is 4.77. The number of methoxy groups -OCH3 is 1. The van der Waals surface area contributed by atoms with Crippen LogP contribution in [0.1, 0.15) is 11.1 Å². The molecule has 1 aromatic carbocycles. The highest BCUT2D eigenvalue weighted by Crippen LogP contribution is 2.25. The van der Waals surface area contributed by atoms with E-state index in [1.807, 2.05) is 32.0 Å². The van der Waals surface area contributed by atoms with Gasteiger partial charge in [0.2, 0.25) is 0 Å². The molecule has 16 heavy (non-hydrogen) atoms. The predicted molar refractivity (Wildman–Crippen MR) is 66.0 cm³/mol. The van der Waals surface area contributed by atoms with Crippen molar-refractivity contribution in [2.75, 3.05) is 24.6 Å². The summed E-state index contributed by atoms with van der Waals surface area (Å²) in [4.78, 5) is 13.3. The maximum atomic E-state index is 11.8. The van der Waals surface area contributed by atoms with Gasteiger partial charge in [0.15, 0.2) is 0 Å². The van der Waals surface area contributed by atoms with Crippen molar-refractivity contribution < 1.29 is 9.53 Å². The Labute approximate surface area is 101 Å². The summed E-state index contributed by atoms with van der Waals surface area (Å²) in [6.07, 6.45) is 0. The molecular formula is C12H16ClNO2. The maximum Gasteiger partial charge on any atom is 0.254 e. The third-order valence-corrected chi connectivity index (χ3v) is 2.64. The quantitative estimate of drug-likeness (QED) is 0.599. The Hall–Kier alpha value is -1.06. The lowest BCUT2D eigenvalue weighted by Gasteiger charge is -2.23. The van der Waals surface area contributed by atoms with Gasteiger partial charge >= 0.3 is 0 Å². The van der Waals surface area contributed by atoms with Crippen LogP contribution in [0.5, 0.6) is 0 Å². The normalized spacial score (nSPS) is 10.2. The number of hydrogen-bond acceptors (Lipinski definition) is 2. The van der Waals surface area contributed by atoms with Crippen LogP contribution in [0.4, 0.5) is 5.69 Å². The number of benzene rings is 1. The van der Waals surface area contributed by atoms with E-state index in [9.17, 15) is 4.79 Å². The molecule has 0 fully saturated rings. The molecular weight excluding hydrogens is 226 g/mol. The van der Waals surface area contributed by atoms with Crippen LogP contribution in [0.25, 0.3) is 0 Å². The van der Waals surface area contributed by atoms with E-state index in [-0.39, 0.29) is 18.5 Å². The zero-order chi connectivity index (χ0) is 12.1. The van der Waals surface area contributed by atoms with Gasteiger partial charge in [0, 0.05) is 7.11 Å². The van der Waals surface area contributed by atoms with E-state index in [0.717, 1.165) is 16.8 Å². The molecule has 0 N–H and O–H groups in total. The third-order valence-electron chi connectivity index (χ3n) is 2.40. The second-order valence-corrected chi connectivity index (χ2v) is 3.85. The topological polar surface area (TPSA) is 29.5 Å². The highest BCUT2D eigenvalue weighted by Gasteiger charge is 2.17. The SMILES string of the molecule is COCC(=O)N(CCl)c1c(C)cccc1C. The molecule has 0 spiro atoms. The summed E-state index contributed by atoms with van der Waals surface area (Å²) in [5.74, 6) is -0.130. The highest BCUT2D eigenvalue weighted by atomic mass is 35.5. The molecule has 0 atom stereocenters. The molecule has 0 aliphatic heterocycles. The second kappa shape index (κ2) is 5.87. The van der Waals surface area contributed by atoms with Crippen LogP contribution in [0.2, 0.25) is 0 Å². The first-order chi connectivity index (χ1) is 7.61. The fourth-order valence-corrected chi connectivity index (χ4v) is 1.94. The molecule has 0 bridgehead atoms. The largest absolute Gasteiger partial charge is 0.375 e. The van der Waals surface area contributed by atoms with Crippen molar-refractivity contribution in [3.63, 3.8) is 0 Å². The zero-order valence-corrected chi connectivity index (χ0v) is 10.5. The highest BCUT2D eigenvalue weighted by molar-refractivity contribution is 6.21. The van der Waals surface area contributed by atoms with E-state index in [1.165, 1.54) is 12.0 Å². The van der Waals surface area contributed by atoms with Gasteiger partial charge in [-0.15, -0.1) is 11.6 Å². The van der Waals surface area contributed by atoms with Crippen LogP contribution in [0.15, 0.2) is 18.2 Å². The lowest BCUT2D eigenvalue weighted by atomic mass is 10.1. The molecule has 0 aliphatic rings. The molecule has 1 amide bonds. The number of nitrogens with zero attached hydrogens (tertiary/aromatic N) is 1. The molecule has 0 aliphatic carbocycles. The summed E-state index contributed by atoms with van der Waals surface area (Å²) < 4.78 is 4.84. The minimum Gasteiger partial charge on any atom is -0.375 e. The molecule has 0 saturated carbocycles. The van der Waals surface area contributed by atoms with Crippen molar-refractivity contribution in [1.29, 1.82) is 0 Å². The maximum absolute atomic E-state index is 11.8. The monoisotopic (exact) mass is 241 g/mol. The lowest BCUT2D eigenvalue weighted by molar-refractivity contribution is -0.121. The summed E-state index contributed by atoms with van der Waals surface area (Å²) in [6.45, 7) is 3.96. The number of hydrogen-bond donors (Lipinski definition) is 0. The summed E-state index contributed by atoms with van der Waals surface area (Å²) in [5.41, 5.74) is 2.94. The Bertz CT molecular complexity index is 359. The lowest BCUT2D eigenvalue weighted by Crippen LogP contribution is -2.33. The van der Waals surface area contributed by atoms with Gasteiger partial charge in [0.05, 0.1) is 5.69 Å². The number of aryl methyl sites for hydroxylation is 2. The minimum absolute atomic E-state index is 0.0422. The molecule has 1 rings (SSSR count). The first kappa shape index (κ1) is 13.0. The van der Waals surface area contributed by atoms with Crippen molar-refractivity contribution >= 4 is 23.2 Å². The Morgan fingerprint density at radius 1 is 1.38 bits per heavy atom. The van der Waals surface area contributed by atoms with Gasteiger partial charge in [-0.3, -0.25) is 9.69 Å². The number of amides is 1. The van der Waals surface area contributed by atoms with Crippen molar-refractivity contribution in [1.82, 2.24) is 0 Å². The number of carbonyl (C=O) groups excluding carboxylic acids is 1. The number of rotatable bonds is 4. The van der Waals surface area contributed by atoms with E-state index in [4.69, 9.17) is 16.3 Å². The standard InChI is InChI=1S/C12H16ClNO2/c1-9-5-4-6-10(2)12(9)14(8-13)11(15)7-16-3/h4-6H,7-8H2,1-3H3. The van der Waals surface area contributed by atoms with Crippen molar-refractivity contribution in [2.45, 2.75) is 13.8 Å². The summed E-state index contributed by atoms with van der Waals surface area (Å²) >= 11 is 5.83. The average molecular weight is 242 g/mol. The van der Waals surface area contributed by atoms with Crippen molar-refractivity contribution in [3.8, 4) is 0 Å². The summed E-state index contributed by atoms with van der Waals surface area (Å²) in [6, 6.07) is 6.01. The van der Waals surface area contributed by atoms with Gasteiger partial charge in [-0.05, 0) is 25.0 Å². The number of carbonyl (C=O) groups is 1. The van der Waals surface area contributed by atoms with E-state index in [0.29, 0.717) is 0 Å². The molecule has 3 nitrogen and oxygen atoms in total. The van der Waals surface area contributed by atoms with Crippen LogP contribution < -0.4 is 4.90 Å². The predicted octanol–water partition coefficient (Wildman–Crippen LogP) is 2.48. The molecule has 0 radical (unpaired) electrons. The van der Waals surface area contributed by atoms with Crippen LogP contribution in [0.3, 0.4) is 0 Å². The number of anilines is 1. The van der Waals surface area contributed by atoms with E-state index in [2.05, 4.69) is 0 Å². The molecule has 0 unspecified atom stereocenters. The smallest absolute Gasteiger partial charge is 0.254 e. The Morgan fingerprint density at radius 3 is 2.38 bits per heavy atom. The number of alkyl halides is 1. The Morgan fingerprint density at radius 2 is 1.94 bits per heavy atom. The minimum atomic E-state index is -0.130. The number of para-hydroxylation sites is 1. The van der Waals surface area contributed by atoms with E-state index in [1.54, 1.807) is 0 Å². The molecule has 88 valence electrons. The Balaban J connectivity index is 3.08. The van der Waals surface area contributed by atoms with Gasteiger partial charge in [-0.1, -0.05) is 18.2 Å². The fraction of sp³-hybridized carbons (Fsp3) is 0.417. The average Bonchev–Trinajstić information content (AvgIpc) is 2.24. The van der Waals surface area contributed by atoms with Crippen LogP contribution in [-0.2, 0) is 9.53 Å². The van der Waals surface area contributed by atoms with Crippen molar-refractivity contribution in [3.05, 3.63) is 29.3 Å². The van der Waals surface area contributed by atoms with Crippen molar-refractivity contribution in [2.24, 2.45) is 0 Å². The second-order valence-electron chi connectivity index (χ2n) is 3.61. The fourth-order valence-electron chi connectivity index (χ4n) is 1.68. The zero-order valence-electron chi connectivity index (χ0n) is 9.79. The van der Waals surface area contributed by atoms with Gasteiger partial charge in [0.25, 0.3) is 5.91 Å². The molecule has 1 aromatic rings. The molecule has 4 heteroatoms. The first-order valence-electron chi connectivity index (χ1n) is 5.03. The number of halogens is 1. The number of ether oxygens (including phenoxy) is 1. The summed E-state index contributed by atoms with van der Waals surface area (Å²) in [5, 5.41) is 0. The molecule has 0 saturated heterocycles. The van der Waals surface area contributed by atoms with Gasteiger partial charge in [0.1, 0.15) is 12.6 Å².